The smallest absolute Gasteiger partial charge is 0.262 e. The van der Waals surface area contributed by atoms with Crippen LogP contribution in [0.4, 0.5) is 10.1 Å². The van der Waals surface area contributed by atoms with Gasteiger partial charge in [-0.2, -0.15) is 0 Å². The zero-order chi connectivity index (χ0) is 20.4. The van der Waals surface area contributed by atoms with Gasteiger partial charge in [-0.1, -0.05) is 31.5 Å². The van der Waals surface area contributed by atoms with Crippen molar-refractivity contribution in [2.45, 2.75) is 26.2 Å². The Morgan fingerprint density at radius 2 is 1.93 bits per heavy atom. The number of carbonyl (C=O) groups excluding carboxylic acids is 1. The van der Waals surface area contributed by atoms with Crippen molar-refractivity contribution >= 4 is 35.0 Å². The second-order valence-electron chi connectivity index (χ2n) is 6.10. The number of hydrazine groups is 1. The fraction of sp³-hybridized carbons (Fsp3) is 0.238. The number of benzene rings is 2. The van der Waals surface area contributed by atoms with E-state index in [1.54, 1.807) is 6.07 Å². The Labute approximate surface area is 170 Å². The van der Waals surface area contributed by atoms with E-state index in [1.165, 1.54) is 37.0 Å². The zero-order valence-corrected chi connectivity index (χ0v) is 16.7. The Bertz CT molecular complexity index is 838. The molecule has 1 amide bonds. The van der Waals surface area contributed by atoms with E-state index in [4.69, 9.17) is 17.0 Å². The number of thiocarbonyl (C=S) groups is 1. The van der Waals surface area contributed by atoms with Gasteiger partial charge in [0.1, 0.15) is 0 Å². The third-order valence-electron chi connectivity index (χ3n) is 3.93. The molecule has 7 heteroatoms. The van der Waals surface area contributed by atoms with Crippen LogP contribution in [0.3, 0.4) is 0 Å². The van der Waals surface area contributed by atoms with Gasteiger partial charge in [0, 0.05) is 11.8 Å². The van der Waals surface area contributed by atoms with Gasteiger partial charge in [-0.05, 0) is 66.5 Å². The number of aryl methyl sites for hydroxylation is 1. The summed E-state index contributed by atoms with van der Waals surface area (Å²) in [6.45, 7) is 2.17. The number of rotatable bonds is 7. The quantitative estimate of drug-likeness (QED) is 0.369. The fourth-order valence-electron chi connectivity index (χ4n) is 2.42. The predicted molar refractivity (Wildman–Crippen MR) is 115 cm³/mol. The van der Waals surface area contributed by atoms with Gasteiger partial charge in [0.25, 0.3) is 5.91 Å². The first kappa shape index (κ1) is 21.4. The molecule has 0 saturated heterocycles. The molecule has 2 aromatic rings. The summed E-state index contributed by atoms with van der Waals surface area (Å²) >= 11 is 5.16. The lowest BCUT2D eigenvalue weighted by Crippen LogP contribution is -2.43. The lowest BCUT2D eigenvalue weighted by atomic mass is 10.1. The monoisotopic (exact) mass is 401 g/mol. The number of nitrogens with one attached hydrogen (secondary N) is 3. The molecule has 2 aromatic carbocycles. The summed E-state index contributed by atoms with van der Waals surface area (Å²) in [6, 6.07) is 12.4. The Morgan fingerprint density at radius 3 is 2.57 bits per heavy atom. The average molecular weight is 402 g/mol. The number of anilines is 1. The van der Waals surface area contributed by atoms with Gasteiger partial charge in [-0.15, -0.1) is 0 Å². The largest absolute Gasteiger partial charge is 0.494 e. The minimum atomic E-state index is -0.491. The van der Waals surface area contributed by atoms with Crippen molar-refractivity contribution in [3.05, 3.63) is 65.5 Å². The van der Waals surface area contributed by atoms with E-state index in [-0.39, 0.29) is 10.9 Å². The molecule has 0 atom stereocenters. The highest BCUT2D eigenvalue weighted by Crippen LogP contribution is 2.18. The van der Waals surface area contributed by atoms with Gasteiger partial charge in [0.2, 0.25) is 0 Å². The first-order valence-electron chi connectivity index (χ1n) is 8.99. The first-order valence-corrected chi connectivity index (χ1v) is 9.40. The number of hydrogen-bond acceptors (Lipinski definition) is 3. The number of methoxy groups -OCH3 is 1. The second-order valence-corrected chi connectivity index (χ2v) is 6.50. The van der Waals surface area contributed by atoms with Gasteiger partial charge in [0.15, 0.2) is 16.7 Å². The lowest BCUT2D eigenvalue weighted by Gasteiger charge is -2.11. The predicted octanol–water partition coefficient (Wildman–Crippen LogP) is 4.21. The maximum absolute atomic E-state index is 13.6. The topological polar surface area (TPSA) is 62.4 Å². The molecule has 0 fully saturated rings. The molecular weight excluding hydrogens is 377 g/mol. The fourth-order valence-corrected chi connectivity index (χ4v) is 2.59. The van der Waals surface area contributed by atoms with Crippen molar-refractivity contribution in [3.8, 4) is 5.75 Å². The molecule has 0 spiro atoms. The van der Waals surface area contributed by atoms with Gasteiger partial charge in [0.05, 0.1) is 7.11 Å². The van der Waals surface area contributed by atoms with E-state index in [2.05, 4.69) is 35.2 Å². The Balaban J connectivity index is 1.78. The maximum atomic E-state index is 13.6. The number of amides is 1. The summed E-state index contributed by atoms with van der Waals surface area (Å²) in [6.07, 6.45) is 6.15. The van der Waals surface area contributed by atoms with Gasteiger partial charge in [-0.3, -0.25) is 15.6 Å². The maximum Gasteiger partial charge on any atom is 0.262 e. The van der Waals surface area contributed by atoms with E-state index in [0.29, 0.717) is 5.56 Å². The third kappa shape index (κ3) is 7.00. The Morgan fingerprint density at radius 1 is 1.18 bits per heavy atom. The molecule has 5 nitrogen and oxygen atoms in total. The summed E-state index contributed by atoms with van der Waals surface area (Å²) < 4.78 is 18.5. The third-order valence-corrected chi connectivity index (χ3v) is 4.14. The summed E-state index contributed by atoms with van der Waals surface area (Å²) in [5.74, 6) is -0.761. The normalized spacial score (nSPS) is 10.5. The number of halogens is 1. The highest BCUT2D eigenvalue weighted by molar-refractivity contribution is 7.80. The molecule has 0 aromatic heterocycles. The summed E-state index contributed by atoms with van der Waals surface area (Å²) in [7, 11) is 1.39. The van der Waals surface area contributed by atoms with Crippen molar-refractivity contribution in [1.29, 1.82) is 0 Å². The van der Waals surface area contributed by atoms with Crippen LogP contribution >= 0.6 is 12.2 Å². The van der Waals surface area contributed by atoms with E-state index in [9.17, 15) is 9.18 Å². The molecule has 0 aliphatic carbocycles. The number of hydrogen-bond donors (Lipinski definition) is 3. The van der Waals surface area contributed by atoms with Crippen LogP contribution in [0, 0.1) is 5.82 Å². The Hall–Kier alpha value is -2.93. The molecule has 2 rings (SSSR count). The second kappa shape index (κ2) is 11.0. The lowest BCUT2D eigenvalue weighted by molar-refractivity contribution is -0.116. The van der Waals surface area contributed by atoms with Crippen LogP contribution in [0.25, 0.3) is 6.08 Å². The molecule has 0 saturated carbocycles. The van der Waals surface area contributed by atoms with E-state index in [1.807, 2.05) is 12.1 Å². The standard InChI is InChI=1S/C21H24FN3O2S/c1-3-4-5-15-6-10-17(11-7-15)23-21(28)25-24-20(26)13-9-16-8-12-19(27-2)18(22)14-16/h6-14H,3-5H2,1-2H3,(H,24,26)(H2,23,25,28)/b13-9+. The summed E-state index contributed by atoms with van der Waals surface area (Å²) in [4.78, 5) is 11.9. The van der Waals surface area contributed by atoms with Crippen molar-refractivity contribution in [3.63, 3.8) is 0 Å². The molecule has 0 heterocycles. The number of unbranched alkanes of at least 4 members (excludes halogenated alkanes) is 1. The Kier molecular flexibility index (Phi) is 8.42. The molecular formula is C21H24FN3O2S. The zero-order valence-electron chi connectivity index (χ0n) is 15.9. The van der Waals surface area contributed by atoms with Gasteiger partial charge in [-0.25, -0.2) is 4.39 Å². The molecule has 0 aliphatic heterocycles. The molecule has 148 valence electrons. The highest BCUT2D eigenvalue weighted by Gasteiger charge is 2.03. The molecule has 0 bridgehead atoms. The molecule has 0 aliphatic rings. The minimum Gasteiger partial charge on any atom is -0.494 e. The van der Waals surface area contributed by atoms with Gasteiger partial charge >= 0.3 is 0 Å². The van der Waals surface area contributed by atoms with E-state index in [0.717, 1.165) is 24.9 Å². The summed E-state index contributed by atoms with van der Waals surface area (Å²) in [5.41, 5.74) is 7.72. The van der Waals surface area contributed by atoms with Crippen LogP contribution in [0.5, 0.6) is 5.75 Å². The van der Waals surface area contributed by atoms with E-state index >= 15 is 0 Å². The van der Waals surface area contributed by atoms with Crippen LogP contribution in [0.2, 0.25) is 0 Å². The van der Waals surface area contributed by atoms with Crippen LogP contribution in [0.15, 0.2) is 48.5 Å². The van der Waals surface area contributed by atoms with Crippen LogP contribution in [-0.4, -0.2) is 18.1 Å². The van der Waals surface area contributed by atoms with Crippen LogP contribution in [-0.2, 0) is 11.2 Å². The average Bonchev–Trinajstić information content (AvgIpc) is 2.70. The SMILES string of the molecule is CCCCc1ccc(NC(=S)NNC(=O)/C=C/c2ccc(OC)c(F)c2)cc1. The van der Waals surface area contributed by atoms with Crippen molar-refractivity contribution in [2.24, 2.45) is 0 Å². The first-order chi connectivity index (χ1) is 13.5. The van der Waals surface area contributed by atoms with Crippen LogP contribution < -0.4 is 20.9 Å². The van der Waals surface area contributed by atoms with Crippen molar-refractivity contribution < 1.29 is 13.9 Å². The van der Waals surface area contributed by atoms with Crippen molar-refractivity contribution in [1.82, 2.24) is 10.9 Å². The summed E-state index contributed by atoms with van der Waals surface area (Å²) in [5, 5.41) is 3.26. The number of carbonyl (C=O) groups is 1. The minimum absolute atomic E-state index is 0.151. The van der Waals surface area contributed by atoms with E-state index < -0.39 is 11.7 Å². The molecule has 0 unspecified atom stereocenters. The van der Waals surface area contributed by atoms with Crippen LogP contribution in [0.1, 0.15) is 30.9 Å². The molecule has 0 radical (unpaired) electrons. The highest BCUT2D eigenvalue weighted by atomic mass is 32.1. The van der Waals surface area contributed by atoms with Gasteiger partial charge < -0.3 is 10.1 Å². The van der Waals surface area contributed by atoms with Crippen molar-refractivity contribution in [2.75, 3.05) is 12.4 Å². The number of ether oxygens (including phenoxy) is 1. The molecule has 28 heavy (non-hydrogen) atoms. The molecule has 3 N–H and O–H groups in total.